The van der Waals surface area contributed by atoms with Crippen molar-refractivity contribution in [2.24, 2.45) is 5.92 Å². The molecule has 1 aliphatic carbocycles. The number of ketones is 2. The minimum Gasteiger partial charge on any atom is -0.463 e. The molecule has 10 heteroatoms. The summed E-state index contributed by atoms with van der Waals surface area (Å²) in [5.74, 6) is -1.02. The molecule has 0 radical (unpaired) electrons. The van der Waals surface area contributed by atoms with Gasteiger partial charge >= 0.3 is 5.97 Å². The zero-order chi connectivity index (χ0) is 31.7. The number of Topliss-reactive ketones (excluding diaryl/α,β-unsaturated/α-hetero) is 2. The molecule has 0 bridgehead atoms. The van der Waals surface area contributed by atoms with E-state index in [2.05, 4.69) is 27.9 Å². The van der Waals surface area contributed by atoms with Gasteiger partial charge in [-0.05, 0) is 63.0 Å². The van der Waals surface area contributed by atoms with Crippen molar-refractivity contribution in [2.75, 3.05) is 45.3 Å². The van der Waals surface area contributed by atoms with Crippen molar-refractivity contribution in [1.29, 1.82) is 0 Å². The largest absolute Gasteiger partial charge is 0.463 e. The number of aryl methyl sites for hydroxylation is 1. The van der Waals surface area contributed by atoms with E-state index in [0.717, 1.165) is 42.8 Å². The van der Waals surface area contributed by atoms with Crippen LogP contribution in [-0.2, 0) is 20.7 Å². The number of ether oxygens (including phenoxy) is 2. The number of rotatable bonds is 18. The number of esters is 1. The summed E-state index contributed by atoms with van der Waals surface area (Å²) in [4.78, 5) is 46.1. The third-order valence-corrected chi connectivity index (χ3v) is 8.66. The average molecular weight is 607 g/mol. The van der Waals surface area contributed by atoms with Gasteiger partial charge in [-0.3, -0.25) is 9.59 Å². The Morgan fingerprint density at radius 2 is 1.89 bits per heavy atom. The number of fused-ring (bicyclic) bond motifs is 2. The molecule has 1 fully saturated rings. The molecule has 0 amide bonds. The van der Waals surface area contributed by atoms with Crippen molar-refractivity contribution in [3.05, 3.63) is 70.4 Å². The SMILES string of the molecule is CCCCC(CNCC)COC(=O)C12OC1(CC(CO)=C(C)CCc1ccnc(NCNC)c1)C(=O)c1ccccc1C2=O. The van der Waals surface area contributed by atoms with E-state index in [-0.39, 0.29) is 36.7 Å². The highest BCUT2D eigenvalue weighted by atomic mass is 16.7. The highest BCUT2D eigenvalue weighted by Crippen LogP contribution is 2.59. The maximum atomic E-state index is 14.0. The van der Waals surface area contributed by atoms with Gasteiger partial charge in [-0.15, -0.1) is 0 Å². The van der Waals surface area contributed by atoms with Crippen LogP contribution in [0.25, 0.3) is 0 Å². The number of benzene rings is 1. The van der Waals surface area contributed by atoms with Crippen molar-refractivity contribution < 1.29 is 29.0 Å². The molecule has 238 valence electrons. The molecule has 3 atom stereocenters. The fraction of sp³-hybridized carbons (Fsp3) is 0.529. The van der Waals surface area contributed by atoms with Gasteiger partial charge in [0.1, 0.15) is 5.82 Å². The van der Waals surface area contributed by atoms with Crippen LogP contribution in [0.15, 0.2) is 53.7 Å². The highest BCUT2D eigenvalue weighted by Gasteiger charge is 2.85. The van der Waals surface area contributed by atoms with E-state index in [1.807, 2.05) is 33.0 Å². The summed E-state index contributed by atoms with van der Waals surface area (Å²) in [5.41, 5.74) is -0.949. The molecule has 44 heavy (non-hydrogen) atoms. The number of nitrogens with zero attached hydrogens (tertiary/aromatic N) is 1. The fourth-order valence-corrected chi connectivity index (χ4v) is 5.94. The van der Waals surface area contributed by atoms with Crippen molar-refractivity contribution in [3.8, 4) is 0 Å². The second-order valence-electron chi connectivity index (χ2n) is 11.7. The molecule has 1 aliphatic heterocycles. The van der Waals surface area contributed by atoms with Gasteiger partial charge in [0, 0.05) is 36.2 Å². The minimum atomic E-state index is -2.06. The molecule has 1 saturated heterocycles. The summed E-state index contributed by atoms with van der Waals surface area (Å²) < 4.78 is 11.8. The lowest BCUT2D eigenvalue weighted by molar-refractivity contribution is -0.149. The predicted molar refractivity (Wildman–Crippen MR) is 169 cm³/mol. The van der Waals surface area contributed by atoms with Crippen LogP contribution in [0.1, 0.15) is 79.2 Å². The Hall–Kier alpha value is -3.44. The Bertz CT molecular complexity index is 1370. The average Bonchev–Trinajstić information content (AvgIpc) is 3.75. The fourth-order valence-electron chi connectivity index (χ4n) is 5.94. The number of aromatic nitrogens is 1. The van der Waals surface area contributed by atoms with Gasteiger partial charge < -0.3 is 30.5 Å². The van der Waals surface area contributed by atoms with Crippen LogP contribution in [0.5, 0.6) is 0 Å². The van der Waals surface area contributed by atoms with Crippen molar-refractivity contribution in [1.82, 2.24) is 15.6 Å². The molecular formula is C34H46N4O6. The number of epoxide rings is 1. The van der Waals surface area contributed by atoms with Gasteiger partial charge in [0.05, 0.1) is 19.9 Å². The lowest BCUT2D eigenvalue weighted by Crippen LogP contribution is -2.51. The normalized spacial score (nSPS) is 21.7. The summed E-state index contributed by atoms with van der Waals surface area (Å²) in [6, 6.07) is 10.4. The Labute approximate surface area is 260 Å². The lowest BCUT2D eigenvalue weighted by Gasteiger charge is -2.26. The van der Waals surface area contributed by atoms with Crippen LogP contribution in [-0.4, -0.2) is 78.8 Å². The first-order valence-electron chi connectivity index (χ1n) is 15.7. The summed E-state index contributed by atoms with van der Waals surface area (Å²) >= 11 is 0. The number of carbonyl (C=O) groups excluding carboxylic acids is 3. The van der Waals surface area contributed by atoms with Crippen LogP contribution in [0, 0.1) is 5.92 Å². The number of anilines is 1. The van der Waals surface area contributed by atoms with Crippen molar-refractivity contribution in [3.63, 3.8) is 0 Å². The van der Waals surface area contributed by atoms with Crippen LogP contribution >= 0.6 is 0 Å². The molecule has 2 heterocycles. The van der Waals surface area contributed by atoms with Gasteiger partial charge in [-0.1, -0.05) is 56.5 Å². The number of aliphatic hydroxyl groups excluding tert-OH is 1. The molecule has 4 rings (SSSR count). The Kier molecular flexibility index (Phi) is 11.4. The van der Waals surface area contributed by atoms with Gasteiger partial charge in [-0.25, -0.2) is 9.78 Å². The van der Waals surface area contributed by atoms with Gasteiger partial charge in [0.25, 0.3) is 5.60 Å². The maximum Gasteiger partial charge on any atom is 0.350 e. The number of aliphatic hydroxyl groups is 1. The first-order valence-corrected chi connectivity index (χ1v) is 15.7. The monoisotopic (exact) mass is 606 g/mol. The van der Waals surface area contributed by atoms with E-state index in [0.29, 0.717) is 31.6 Å². The zero-order valence-electron chi connectivity index (χ0n) is 26.3. The second kappa shape index (κ2) is 15.0. The van der Waals surface area contributed by atoms with Crippen molar-refractivity contribution >= 4 is 23.4 Å². The number of hydrogen-bond donors (Lipinski definition) is 4. The van der Waals surface area contributed by atoms with Gasteiger partial charge in [0.15, 0.2) is 11.4 Å². The van der Waals surface area contributed by atoms with E-state index in [1.54, 1.807) is 30.5 Å². The number of unbranched alkanes of at least 4 members (excludes halogenated alkanes) is 1. The molecule has 1 aromatic heterocycles. The Morgan fingerprint density at radius 3 is 2.57 bits per heavy atom. The highest BCUT2D eigenvalue weighted by molar-refractivity contribution is 6.32. The summed E-state index contributed by atoms with van der Waals surface area (Å²) in [5, 5.41) is 20.0. The third-order valence-electron chi connectivity index (χ3n) is 8.66. The van der Waals surface area contributed by atoms with E-state index in [4.69, 9.17) is 9.47 Å². The van der Waals surface area contributed by atoms with E-state index in [9.17, 15) is 19.5 Å². The summed E-state index contributed by atoms with van der Waals surface area (Å²) in [6.45, 7) is 7.86. The van der Waals surface area contributed by atoms with E-state index in [1.165, 1.54) is 0 Å². The molecule has 3 unspecified atom stereocenters. The number of carbonyl (C=O) groups is 3. The van der Waals surface area contributed by atoms with Gasteiger partial charge in [0.2, 0.25) is 5.78 Å². The molecule has 0 spiro atoms. The molecule has 10 nitrogen and oxygen atoms in total. The third kappa shape index (κ3) is 6.78. The number of pyridine rings is 1. The quantitative estimate of drug-likeness (QED) is 0.0650. The number of allylic oxidation sites excluding steroid dienone is 1. The smallest absolute Gasteiger partial charge is 0.350 e. The number of hydrogen-bond acceptors (Lipinski definition) is 10. The van der Waals surface area contributed by atoms with Crippen LogP contribution in [0.4, 0.5) is 5.82 Å². The van der Waals surface area contributed by atoms with E-state index >= 15 is 0 Å². The summed E-state index contributed by atoms with van der Waals surface area (Å²) in [7, 11) is 1.84. The van der Waals surface area contributed by atoms with Crippen molar-refractivity contribution in [2.45, 2.75) is 70.5 Å². The maximum absolute atomic E-state index is 14.0. The number of nitrogens with one attached hydrogen (secondary N) is 3. The molecule has 1 aromatic carbocycles. The molecule has 2 aromatic rings. The van der Waals surface area contributed by atoms with Gasteiger partial charge in [-0.2, -0.15) is 0 Å². The first kappa shape index (κ1) is 33.5. The Balaban J connectivity index is 1.58. The summed E-state index contributed by atoms with van der Waals surface area (Å²) in [6.07, 6.45) is 5.81. The van der Waals surface area contributed by atoms with Crippen LogP contribution in [0.3, 0.4) is 0 Å². The van der Waals surface area contributed by atoms with E-state index < -0.39 is 28.7 Å². The topological polar surface area (TPSA) is 142 Å². The van der Waals surface area contributed by atoms with Crippen LogP contribution < -0.4 is 16.0 Å². The molecule has 2 aliphatic rings. The standard InChI is InChI=1S/C34H46N4O6/c1-5-7-10-25(19-36-6-2)21-43-32(42)34-31(41)28-12-9-8-11-27(28)30(40)33(34,44-34)18-26(20-39)23(3)13-14-24-15-16-37-29(17-24)38-22-35-4/h8-9,11-12,15-17,25,35-36,39H,5-7,10,13-14,18-22H2,1-4H3,(H,37,38). The second-order valence-corrected chi connectivity index (χ2v) is 11.7. The zero-order valence-corrected chi connectivity index (χ0v) is 26.3. The van der Waals surface area contributed by atoms with Crippen LogP contribution in [0.2, 0.25) is 0 Å². The first-order chi connectivity index (χ1) is 21.3. The Morgan fingerprint density at radius 1 is 1.14 bits per heavy atom. The molecular weight excluding hydrogens is 560 g/mol. The lowest BCUT2D eigenvalue weighted by atomic mass is 9.71. The molecule has 4 N–H and O–H groups in total. The molecule has 0 saturated carbocycles. The predicted octanol–water partition coefficient (Wildman–Crippen LogP) is 3.85. The minimum absolute atomic E-state index is 0.0716.